The second-order valence-electron chi connectivity index (χ2n) is 6.81. The number of hydrogen-bond acceptors (Lipinski definition) is 3. The zero-order valence-electron chi connectivity index (χ0n) is 16.4. The summed E-state index contributed by atoms with van der Waals surface area (Å²) in [5.74, 6) is 0.714. The van der Waals surface area contributed by atoms with E-state index in [2.05, 4.69) is 46.4 Å². The Morgan fingerprint density at radius 2 is 1.89 bits per heavy atom. The van der Waals surface area contributed by atoms with Crippen LogP contribution in [-0.2, 0) is 12.8 Å². The number of aryl methyl sites for hydroxylation is 1. The van der Waals surface area contributed by atoms with E-state index in [0.717, 1.165) is 35.1 Å². The normalized spacial score (nSPS) is 10.8. The van der Waals surface area contributed by atoms with Crippen LogP contribution >= 0.6 is 0 Å². The van der Waals surface area contributed by atoms with Crippen LogP contribution in [0.4, 0.5) is 5.69 Å². The van der Waals surface area contributed by atoms with E-state index in [4.69, 9.17) is 4.74 Å². The van der Waals surface area contributed by atoms with Crippen LogP contribution in [-0.4, -0.2) is 38.6 Å². The van der Waals surface area contributed by atoms with Gasteiger partial charge in [0.1, 0.15) is 11.4 Å². The molecule has 0 spiro atoms. The maximum absolute atomic E-state index is 12.7. The summed E-state index contributed by atoms with van der Waals surface area (Å²) in [6, 6.07) is 14.3. The summed E-state index contributed by atoms with van der Waals surface area (Å²) in [4.78, 5) is 18.0. The Labute approximate surface area is 160 Å². The van der Waals surface area contributed by atoms with Crippen LogP contribution in [0.1, 0.15) is 28.5 Å². The molecule has 3 rings (SSSR count). The maximum Gasteiger partial charge on any atom is 0.268 e. The van der Waals surface area contributed by atoms with Crippen LogP contribution in [0.5, 0.6) is 5.75 Å². The summed E-state index contributed by atoms with van der Waals surface area (Å²) in [7, 11) is 5.69. The van der Waals surface area contributed by atoms with Crippen molar-refractivity contribution in [2.75, 3.05) is 32.6 Å². The number of aromatic amines is 1. The highest BCUT2D eigenvalue weighted by atomic mass is 16.5. The van der Waals surface area contributed by atoms with Gasteiger partial charge in [-0.25, -0.2) is 0 Å². The van der Waals surface area contributed by atoms with Crippen LogP contribution < -0.4 is 15.0 Å². The number of amides is 1. The number of hydrogen-bond donors (Lipinski definition) is 2. The molecule has 2 N–H and O–H groups in total. The standard InChI is InChI=1S/C22H27N3O2/c1-5-18-19-11-10-17(27-4)14-20(19)24-21(18)22(26)23-13-12-15-6-8-16(9-7-15)25(2)3/h6-11,14,24H,5,12-13H2,1-4H3,(H,23,26). The number of carbonyl (C=O) groups excluding carboxylic acids is 1. The number of ether oxygens (including phenoxy) is 1. The number of nitrogens with one attached hydrogen (secondary N) is 2. The number of carbonyl (C=O) groups is 1. The molecule has 142 valence electrons. The molecule has 0 bridgehead atoms. The van der Waals surface area contributed by atoms with Crippen molar-refractivity contribution in [1.29, 1.82) is 0 Å². The number of nitrogens with zero attached hydrogens (tertiary/aromatic N) is 1. The van der Waals surface area contributed by atoms with Crippen molar-refractivity contribution in [3.05, 3.63) is 59.3 Å². The lowest BCUT2D eigenvalue weighted by molar-refractivity contribution is 0.0949. The minimum atomic E-state index is -0.0630. The number of aromatic nitrogens is 1. The molecular weight excluding hydrogens is 338 g/mol. The zero-order chi connectivity index (χ0) is 19.4. The number of fused-ring (bicyclic) bond motifs is 1. The van der Waals surface area contributed by atoms with E-state index >= 15 is 0 Å². The van der Waals surface area contributed by atoms with Crippen LogP contribution in [0.3, 0.4) is 0 Å². The van der Waals surface area contributed by atoms with Gasteiger partial charge in [0.2, 0.25) is 0 Å². The Bertz CT molecular complexity index is 927. The fourth-order valence-electron chi connectivity index (χ4n) is 3.29. The molecule has 5 heteroatoms. The molecule has 0 saturated carbocycles. The second-order valence-corrected chi connectivity index (χ2v) is 6.81. The number of anilines is 1. The molecule has 0 fully saturated rings. The quantitative estimate of drug-likeness (QED) is 0.670. The highest BCUT2D eigenvalue weighted by Crippen LogP contribution is 2.26. The molecule has 27 heavy (non-hydrogen) atoms. The average molecular weight is 365 g/mol. The van der Waals surface area contributed by atoms with Gasteiger partial charge in [-0.1, -0.05) is 19.1 Å². The Morgan fingerprint density at radius 3 is 2.52 bits per heavy atom. The van der Waals surface area contributed by atoms with Crippen LogP contribution in [0.25, 0.3) is 10.9 Å². The van der Waals surface area contributed by atoms with Gasteiger partial charge in [-0.05, 0) is 48.2 Å². The lowest BCUT2D eigenvalue weighted by Crippen LogP contribution is -2.26. The topological polar surface area (TPSA) is 57.4 Å². The molecule has 1 heterocycles. The number of H-pyrrole nitrogens is 1. The minimum Gasteiger partial charge on any atom is -0.497 e. The number of rotatable bonds is 7. The summed E-state index contributed by atoms with van der Waals surface area (Å²) in [6.07, 6.45) is 1.59. The van der Waals surface area contributed by atoms with E-state index in [1.54, 1.807) is 7.11 Å². The SMILES string of the molecule is CCc1c(C(=O)NCCc2ccc(N(C)C)cc2)[nH]c2cc(OC)ccc12. The molecule has 3 aromatic rings. The predicted molar refractivity (Wildman–Crippen MR) is 111 cm³/mol. The van der Waals surface area contributed by atoms with Crippen molar-refractivity contribution < 1.29 is 9.53 Å². The average Bonchev–Trinajstić information content (AvgIpc) is 3.06. The molecule has 5 nitrogen and oxygen atoms in total. The van der Waals surface area contributed by atoms with Gasteiger partial charge in [0.25, 0.3) is 5.91 Å². The van der Waals surface area contributed by atoms with Gasteiger partial charge in [0.05, 0.1) is 7.11 Å². The first-order valence-corrected chi connectivity index (χ1v) is 9.26. The third kappa shape index (κ3) is 4.08. The first kappa shape index (κ1) is 18.8. The molecule has 0 aliphatic heterocycles. The monoisotopic (exact) mass is 365 g/mol. The smallest absolute Gasteiger partial charge is 0.268 e. The molecule has 0 saturated heterocycles. The number of methoxy groups -OCH3 is 1. The van der Waals surface area contributed by atoms with E-state index in [1.807, 2.05) is 32.3 Å². The fraction of sp³-hybridized carbons (Fsp3) is 0.318. The van der Waals surface area contributed by atoms with E-state index in [9.17, 15) is 4.79 Å². The van der Waals surface area contributed by atoms with Gasteiger partial charge < -0.3 is 19.9 Å². The van der Waals surface area contributed by atoms with Crippen molar-refractivity contribution in [1.82, 2.24) is 10.3 Å². The first-order valence-electron chi connectivity index (χ1n) is 9.26. The second kappa shape index (κ2) is 8.16. The molecule has 1 amide bonds. The highest BCUT2D eigenvalue weighted by Gasteiger charge is 2.16. The van der Waals surface area contributed by atoms with E-state index < -0.39 is 0 Å². The summed E-state index contributed by atoms with van der Waals surface area (Å²) < 4.78 is 5.28. The largest absolute Gasteiger partial charge is 0.497 e. The van der Waals surface area contributed by atoms with Crippen molar-refractivity contribution in [3.8, 4) is 5.75 Å². The van der Waals surface area contributed by atoms with Gasteiger partial charge >= 0.3 is 0 Å². The van der Waals surface area contributed by atoms with Crippen molar-refractivity contribution in [3.63, 3.8) is 0 Å². The third-order valence-electron chi connectivity index (χ3n) is 4.85. The third-order valence-corrected chi connectivity index (χ3v) is 4.85. The molecule has 1 aromatic heterocycles. The van der Waals surface area contributed by atoms with Gasteiger partial charge in [-0.3, -0.25) is 4.79 Å². The zero-order valence-corrected chi connectivity index (χ0v) is 16.4. The summed E-state index contributed by atoms with van der Waals surface area (Å²) in [6.45, 7) is 2.66. The van der Waals surface area contributed by atoms with Gasteiger partial charge in [-0.2, -0.15) is 0 Å². The van der Waals surface area contributed by atoms with Crippen molar-refractivity contribution in [2.45, 2.75) is 19.8 Å². The Morgan fingerprint density at radius 1 is 1.15 bits per heavy atom. The fourth-order valence-corrected chi connectivity index (χ4v) is 3.29. The molecule has 0 aliphatic carbocycles. The van der Waals surface area contributed by atoms with Crippen molar-refractivity contribution >= 4 is 22.5 Å². The molecule has 0 unspecified atom stereocenters. The van der Waals surface area contributed by atoms with E-state index in [1.165, 1.54) is 11.3 Å². The Kier molecular flexibility index (Phi) is 5.69. The molecule has 0 aliphatic rings. The first-order chi connectivity index (χ1) is 13.0. The van der Waals surface area contributed by atoms with Gasteiger partial charge in [-0.15, -0.1) is 0 Å². The van der Waals surface area contributed by atoms with Gasteiger partial charge in [0.15, 0.2) is 0 Å². The van der Waals surface area contributed by atoms with Crippen LogP contribution in [0, 0.1) is 0 Å². The highest BCUT2D eigenvalue weighted by molar-refractivity contribution is 6.01. The summed E-state index contributed by atoms with van der Waals surface area (Å²) >= 11 is 0. The van der Waals surface area contributed by atoms with Crippen LogP contribution in [0.2, 0.25) is 0 Å². The molecule has 0 atom stereocenters. The summed E-state index contributed by atoms with van der Waals surface area (Å²) in [5.41, 5.74) is 4.99. The van der Waals surface area contributed by atoms with E-state index in [-0.39, 0.29) is 5.91 Å². The van der Waals surface area contributed by atoms with Gasteiger partial charge in [0, 0.05) is 43.3 Å². The molecule has 2 aromatic carbocycles. The summed E-state index contributed by atoms with van der Waals surface area (Å²) in [5, 5.41) is 4.11. The van der Waals surface area contributed by atoms with Crippen LogP contribution in [0.15, 0.2) is 42.5 Å². The molecule has 0 radical (unpaired) electrons. The number of benzene rings is 2. The van der Waals surface area contributed by atoms with E-state index in [0.29, 0.717) is 12.2 Å². The minimum absolute atomic E-state index is 0.0630. The maximum atomic E-state index is 12.7. The van der Waals surface area contributed by atoms with Crippen molar-refractivity contribution in [2.24, 2.45) is 0 Å². The Balaban J connectivity index is 1.68. The molecular formula is C22H27N3O2. The predicted octanol–water partition coefficient (Wildman–Crippen LogP) is 3.78. The Hall–Kier alpha value is -2.95. The lowest BCUT2D eigenvalue weighted by Gasteiger charge is -2.12. The lowest BCUT2D eigenvalue weighted by atomic mass is 10.1.